The van der Waals surface area contributed by atoms with Crippen LogP contribution in [-0.2, 0) is 10.4 Å². The van der Waals surface area contributed by atoms with Crippen molar-refractivity contribution in [3.63, 3.8) is 0 Å². The number of amides is 2. The van der Waals surface area contributed by atoms with Crippen LogP contribution in [0.3, 0.4) is 0 Å². The van der Waals surface area contributed by atoms with Crippen molar-refractivity contribution in [2.24, 2.45) is 5.92 Å². The van der Waals surface area contributed by atoms with E-state index in [2.05, 4.69) is 10.3 Å². The minimum absolute atomic E-state index is 0.110. The van der Waals surface area contributed by atoms with E-state index in [1.165, 1.54) is 6.07 Å². The molecule has 2 aromatic carbocycles. The summed E-state index contributed by atoms with van der Waals surface area (Å²) < 4.78 is 31.9. The molecule has 0 bridgehead atoms. The van der Waals surface area contributed by atoms with Crippen molar-refractivity contribution in [3.8, 4) is 5.75 Å². The lowest BCUT2D eigenvalue weighted by molar-refractivity contribution is -0.132. The summed E-state index contributed by atoms with van der Waals surface area (Å²) in [6.07, 6.45) is 0.886. The van der Waals surface area contributed by atoms with Crippen LogP contribution in [0.15, 0.2) is 60.8 Å². The summed E-state index contributed by atoms with van der Waals surface area (Å²) >= 11 is 5.89. The standard InChI is InChI=1S/C29H28ClF2N3O4/c1-39-21-12-8-18(9-13-21)29(38)23-4-2-3-5-24(23)35(28(29)37)16-17-6-10-20(11-7-17)34-27(36)22-14-19(30)15-33-25(22)26(31)32/h2-5,8-9,12-15,17,20,26,38H,6-7,10-11,16H2,1H3,(H,34,36). The summed E-state index contributed by atoms with van der Waals surface area (Å²) in [5.74, 6) is -0.272. The summed E-state index contributed by atoms with van der Waals surface area (Å²) in [5, 5.41) is 14.7. The number of nitrogens with one attached hydrogen (secondary N) is 1. The van der Waals surface area contributed by atoms with E-state index in [4.69, 9.17) is 16.3 Å². The molecule has 1 aromatic heterocycles. The maximum atomic E-state index is 13.7. The van der Waals surface area contributed by atoms with Gasteiger partial charge in [-0.05, 0) is 61.4 Å². The van der Waals surface area contributed by atoms with E-state index in [0.717, 1.165) is 6.20 Å². The van der Waals surface area contributed by atoms with E-state index < -0.39 is 29.5 Å². The number of ether oxygens (including phenoxy) is 1. The average molecular weight is 556 g/mol. The van der Waals surface area contributed by atoms with Crippen molar-refractivity contribution in [1.29, 1.82) is 0 Å². The largest absolute Gasteiger partial charge is 0.497 e. The number of para-hydroxylation sites is 1. The highest BCUT2D eigenvalue weighted by atomic mass is 35.5. The van der Waals surface area contributed by atoms with Crippen LogP contribution in [0.25, 0.3) is 0 Å². The molecule has 3 aromatic rings. The Balaban J connectivity index is 1.26. The van der Waals surface area contributed by atoms with Gasteiger partial charge in [0.15, 0.2) is 5.60 Å². The first kappa shape index (κ1) is 27.0. The first-order valence-corrected chi connectivity index (χ1v) is 13.1. The second kappa shape index (κ2) is 10.9. The molecular weight excluding hydrogens is 528 g/mol. The molecule has 1 atom stereocenters. The van der Waals surface area contributed by atoms with E-state index in [1.54, 1.807) is 48.4 Å². The monoisotopic (exact) mass is 555 g/mol. The molecular formula is C29H28ClF2N3O4. The average Bonchev–Trinajstić information content (AvgIpc) is 3.16. The number of rotatable bonds is 7. The number of anilines is 1. The van der Waals surface area contributed by atoms with Crippen LogP contribution < -0.4 is 15.0 Å². The van der Waals surface area contributed by atoms with Gasteiger partial charge in [0.2, 0.25) is 0 Å². The number of carbonyl (C=O) groups excluding carboxylic acids is 2. The molecule has 39 heavy (non-hydrogen) atoms. The number of benzene rings is 2. The van der Waals surface area contributed by atoms with Gasteiger partial charge in [-0.25, -0.2) is 8.78 Å². The van der Waals surface area contributed by atoms with Gasteiger partial charge in [-0.2, -0.15) is 0 Å². The molecule has 2 heterocycles. The number of hydrogen-bond acceptors (Lipinski definition) is 5. The van der Waals surface area contributed by atoms with Crippen molar-refractivity contribution >= 4 is 29.1 Å². The molecule has 0 saturated heterocycles. The number of carbonyl (C=O) groups is 2. The molecule has 1 fully saturated rings. The van der Waals surface area contributed by atoms with Crippen molar-refractivity contribution in [2.75, 3.05) is 18.6 Å². The summed E-state index contributed by atoms with van der Waals surface area (Å²) in [5.41, 5.74) is -0.956. The highest BCUT2D eigenvalue weighted by molar-refractivity contribution is 6.30. The fraction of sp³-hybridized carbons (Fsp3) is 0.345. The summed E-state index contributed by atoms with van der Waals surface area (Å²) in [6, 6.07) is 15.1. The maximum absolute atomic E-state index is 13.7. The Kier molecular flexibility index (Phi) is 7.55. The first-order valence-electron chi connectivity index (χ1n) is 12.7. The zero-order valence-electron chi connectivity index (χ0n) is 21.2. The molecule has 2 N–H and O–H groups in total. The first-order chi connectivity index (χ1) is 18.7. The molecule has 2 aliphatic rings. The third kappa shape index (κ3) is 5.08. The smallest absolute Gasteiger partial charge is 0.281 e. The van der Waals surface area contributed by atoms with Crippen molar-refractivity contribution in [1.82, 2.24) is 10.3 Å². The van der Waals surface area contributed by atoms with Gasteiger partial charge in [-0.3, -0.25) is 14.6 Å². The van der Waals surface area contributed by atoms with Gasteiger partial charge >= 0.3 is 0 Å². The van der Waals surface area contributed by atoms with Crippen LogP contribution in [0, 0.1) is 5.92 Å². The summed E-state index contributed by atoms with van der Waals surface area (Å²) in [7, 11) is 1.55. The lowest BCUT2D eigenvalue weighted by Crippen LogP contribution is -2.44. The number of methoxy groups -OCH3 is 1. The van der Waals surface area contributed by atoms with Gasteiger partial charge in [0.1, 0.15) is 11.4 Å². The van der Waals surface area contributed by atoms with E-state index in [1.807, 2.05) is 12.1 Å². The van der Waals surface area contributed by atoms with Crippen LogP contribution in [0.4, 0.5) is 14.5 Å². The van der Waals surface area contributed by atoms with Crippen LogP contribution >= 0.6 is 11.6 Å². The van der Waals surface area contributed by atoms with Gasteiger partial charge in [0, 0.05) is 24.3 Å². The fourth-order valence-corrected chi connectivity index (χ4v) is 5.70. The Bertz CT molecular complexity index is 1380. The highest BCUT2D eigenvalue weighted by Crippen LogP contribution is 2.45. The van der Waals surface area contributed by atoms with Gasteiger partial charge in [-0.15, -0.1) is 0 Å². The number of aromatic nitrogens is 1. The van der Waals surface area contributed by atoms with Gasteiger partial charge < -0.3 is 20.1 Å². The molecule has 1 saturated carbocycles. The van der Waals surface area contributed by atoms with Gasteiger partial charge in [0.25, 0.3) is 18.2 Å². The minimum Gasteiger partial charge on any atom is -0.497 e. The van der Waals surface area contributed by atoms with E-state index in [9.17, 15) is 23.5 Å². The molecule has 0 spiro atoms. The van der Waals surface area contributed by atoms with Gasteiger partial charge in [-0.1, -0.05) is 41.9 Å². The van der Waals surface area contributed by atoms with E-state index in [0.29, 0.717) is 54.8 Å². The molecule has 204 valence electrons. The predicted molar refractivity (Wildman–Crippen MR) is 142 cm³/mol. The van der Waals surface area contributed by atoms with E-state index >= 15 is 0 Å². The number of halogens is 3. The normalized spacial score (nSPS) is 22.6. The lowest BCUT2D eigenvalue weighted by Gasteiger charge is -2.32. The summed E-state index contributed by atoms with van der Waals surface area (Å²) in [6.45, 7) is 0.419. The molecule has 0 radical (unpaired) electrons. The Morgan fingerprint density at radius 2 is 1.87 bits per heavy atom. The van der Waals surface area contributed by atoms with Crippen LogP contribution in [-0.4, -0.2) is 41.6 Å². The summed E-state index contributed by atoms with van der Waals surface area (Å²) in [4.78, 5) is 31.7. The molecule has 7 nitrogen and oxygen atoms in total. The number of pyridine rings is 1. The topological polar surface area (TPSA) is 91.8 Å². The molecule has 2 amide bonds. The Labute approximate surface area is 229 Å². The molecule has 5 rings (SSSR count). The third-order valence-electron chi connectivity index (χ3n) is 7.61. The van der Waals surface area contributed by atoms with Crippen LogP contribution in [0.2, 0.25) is 5.02 Å². The van der Waals surface area contributed by atoms with Crippen molar-refractivity contribution in [3.05, 3.63) is 88.2 Å². The van der Waals surface area contributed by atoms with Crippen LogP contribution in [0.5, 0.6) is 5.75 Å². The molecule has 1 aliphatic carbocycles. The van der Waals surface area contributed by atoms with E-state index in [-0.39, 0.29) is 22.5 Å². The van der Waals surface area contributed by atoms with Gasteiger partial charge in [0.05, 0.1) is 23.4 Å². The lowest BCUT2D eigenvalue weighted by atomic mass is 9.85. The zero-order chi connectivity index (χ0) is 27.7. The number of nitrogens with zero attached hydrogens (tertiary/aromatic N) is 2. The maximum Gasteiger partial charge on any atom is 0.281 e. The highest BCUT2D eigenvalue weighted by Gasteiger charge is 2.51. The quantitative estimate of drug-likeness (QED) is 0.415. The number of alkyl halides is 2. The SMILES string of the molecule is COc1ccc(C2(O)C(=O)N(CC3CCC(NC(=O)c4cc(Cl)cnc4C(F)F)CC3)c3ccccc32)cc1. The molecule has 10 heteroatoms. The third-order valence-corrected chi connectivity index (χ3v) is 7.81. The van der Waals surface area contributed by atoms with Crippen molar-refractivity contribution in [2.45, 2.75) is 43.8 Å². The Hall–Kier alpha value is -3.56. The minimum atomic E-state index is -2.89. The number of aliphatic hydroxyl groups is 1. The fourth-order valence-electron chi connectivity index (χ4n) is 5.54. The molecule has 1 unspecified atom stereocenters. The number of fused-ring (bicyclic) bond motifs is 1. The molecule has 1 aliphatic heterocycles. The van der Waals surface area contributed by atoms with Crippen molar-refractivity contribution < 1.29 is 28.2 Å². The number of hydrogen-bond donors (Lipinski definition) is 2. The van der Waals surface area contributed by atoms with Crippen LogP contribution in [0.1, 0.15) is 59.3 Å². The second-order valence-corrected chi connectivity index (χ2v) is 10.4. The predicted octanol–water partition coefficient (Wildman–Crippen LogP) is 5.25. The Morgan fingerprint density at radius 3 is 2.54 bits per heavy atom. The Morgan fingerprint density at radius 1 is 1.18 bits per heavy atom. The zero-order valence-corrected chi connectivity index (χ0v) is 22.0. The second-order valence-electron chi connectivity index (χ2n) is 9.95.